The fourth-order valence-electron chi connectivity index (χ4n) is 1.00. The predicted octanol–water partition coefficient (Wildman–Crippen LogP) is 0.652. The maximum Gasteiger partial charge on any atom is 0.168 e. The lowest BCUT2D eigenvalue weighted by Crippen LogP contribution is -2.00. The van der Waals surface area contributed by atoms with Crippen molar-refractivity contribution < 1.29 is 4.79 Å². The number of nitrogens with zero attached hydrogens (tertiary/aromatic N) is 1. The third kappa shape index (κ3) is 1.20. The fraction of sp³-hybridized carbons (Fsp3) is 0.286. The van der Waals surface area contributed by atoms with Crippen molar-refractivity contribution in [3.05, 3.63) is 11.3 Å². The lowest BCUT2D eigenvalue weighted by Gasteiger charge is -1.98. The second-order valence-corrected chi connectivity index (χ2v) is 2.35. The van der Waals surface area contributed by atoms with Gasteiger partial charge in [-0.1, -0.05) is 0 Å². The van der Waals surface area contributed by atoms with Crippen LogP contribution in [-0.4, -0.2) is 29.2 Å². The monoisotopic (exact) mass is 166 g/mol. The third-order valence-electron chi connectivity index (χ3n) is 1.52. The molecule has 0 aliphatic carbocycles. The van der Waals surface area contributed by atoms with Crippen LogP contribution in [0.5, 0.6) is 0 Å². The maximum atomic E-state index is 10.5. The summed E-state index contributed by atoms with van der Waals surface area (Å²) < 4.78 is 0. The van der Waals surface area contributed by atoms with Crippen molar-refractivity contribution in [1.29, 1.82) is 5.41 Å². The van der Waals surface area contributed by atoms with Gasteiger partial charge in [-0.2, -0.15) is 5.10 Å². The molecule has 0 spiro atoms. The van der Waals surface area contributed by atoms with Crippen molar-refractivity contribution in [2.24, 2.45) is 0 Å². The third-order valence-corrected chi connectivity index (χ3v) is 1.52. The molecule has 0 amide bonds. The summed E-state index contributed by atoms with van der Waals surface area (Å²) in [6.45, 7) is 1.61. The number of hydrogen-bond donors (Lipinski definition) is 3. The van der Waals surface area contributed by atoms with E-state index in [1.54, 1.807) is 14.0 Å². The van der Waals surface area contributed by atoms with Gasteiger partial charge in [0.2, 0.25) is 0 Å². The van der Waals surface area contributed by atoms with Crippen molar-refractivity contribution in [3.63, 3.8) is 0 Å². The van der Waals surface area contributed by atoms with E-state index in [0.717, 1.165) is 0 Å². The Morgan fingerprint density at radius 2 is 2.42 bits per heavy atom. The van der Waals surface area contributed by atoms with Gasteiger partial charge in [0.1, 0.15) is 5.69 Å². The highest BCUT2D eigenvalue weighted by Crippen LogP contribution is 2.14. The van der Waals surface area contributed by atoms with E-state index in [-0.39, 0.29) is 0 Å². The predicted molar refractivity (Wildman–Crippen MR) is 46.0 cm³/mol. The number of aldehydes is 1. The molecular weight excluding hydrogens is 156 g/mol. The minimum Gasteiger partial charge on any atom is -0.371 e. The smallest absolute Gasteiger partial charge is 0.168 e. The molecule has 0 aromatic carbocycles. The number of nitrogens with one attached hydrogen (secondary N) is 3. The summed E-state index contributed by atoms with van der Waals surface area (Å²) in [7, 11) is 1.69. The molecule has 0 aliphatic heterocycles. The van der Waals surface area contributed by atoms with E-state index < -0.39 is 0 Å². The normalized spacial score (nSPS) is 9.50. The number of aromatic amines is 1. The number of anilines is 1. The summed E-state index contributed by atoms with van der Waals surface area (Å²) in [4.78, 5) is 10.5. The fourth-order valence-corrected chi connectivity index (χ4v) is 1.00. The van der Waals surface area contributed by atoms with Crippen molar-refractivity contribution in [2.75, 3.05) is 12.4 Å². The van der Waals surface area contributed by atoms with Crippen LogP contribution >= 0.6 is 0 Å². The Hall–Kier alpha value is -1.65. The van der Waals surface area contributed by atoms with Crippen LogP contribution in [0.2, 0.25) is 0 Å². The quantitative estimate of drug-likeness (QED) is 0.455. The Morgan fingerprint density at radius 1 is 1.75 bits per heavy atom. The molecule has 0 aliphatic rings. The van der Waals surface area contributed by atoms with Gasteiger partial charge in [-0.15, -0.1) is 0 Å². The summed E-state index contributed by atoms with van der Waals surface area (Å²) in [5, 5.41) is 16.5. The number of aromatic nitrogens is 2. The van der Waals surface area contributed by atoms with Gasteiger partial charge in [0, 0.05) is 12.8 Å². The first-order valence-corrected chi connectivity index (χ1v) is 3.47. The highest BCUT2D eigenvalue weighted by atomic mass is 16.1. The zero-order valence-electron chi connectivity index (χ0n) is 6.93. The second kappa shape index (κ2) is 3.17. The van der Waals surface area contributed by atoms with Gasteiger partial charge in [-0.3, -0.25) is 9.89 Å². The van der Waals surface area contributed by atoms with E-state index in [4.69, 9.17) is 5.41 Å². The van der Waals surface area contributed by atoms with Crippen LogP contribution < -0.4 is 5.32 Å². The molecule has 12 heavy (non-hydrogen) atoms. The Balaban J connectivity index is 3.25. The van der Waals surface area contributed by atoms with Gasteiger partial charge in [0.05, 0.1) is 5.56 Å². The van der Waals surface area contributed by atoms with Gasteiger partial charge in [0.25, 0.3) is 0 Å². The molecule has 0 fully saturated rings. The van der Waals surface area contributed by atoms with E-state index in [1.807, 2.05) is 0 Å². The molecule has 0 atom stereocenters. The topological polar surface area (TPSA) is 81.6 Å². The van der Waals surface area contributed by atoms with Crippen LogP contribution in [0.4, 0.5) is 5.82 Å². The van der Waals surface area contributed by atoms with Crippen LogP contribution in [0.15, 0.2) is 0 Å². The maximum absolute atomic E-state index is 10.5. The van der Waals surface area contributed by atoms with Crippen molar-refractivity contribution >= 4 is 17.8 Å². The highest BCUT2D eigenvalue weighted by Gasteiger charge is 2.12. The van der Waals surface area contributed by atoms with Gasteiger partial charge in [-0.05, 0) is 6.92 Å². The number of hydrogen-bond acceptors (Lipinski definition) is 4. The van der Waals surface area contributed by atoms with Crippen LogP contribution in [0.25, 0.3) is 0 Å². The lowest BCUT2D eigenvalue weighted by molar-refractivity contribution is 0.111. The Labute approximate surface area is 69.7 Å². The van der Waals surface area contributed by atoms with Crippen molar-refractivity contribution in [1.82, 2.24) is 10.2 Å². The SMILES string of the molecule is CNc1n[nH]c(C=O)c1C(C)=N. The van der Waals surface area contributed by atoms with Gasteiger partial charge in [0.15, 0.2) is 12.1 Å². The first-order valence-electron chi connectivity index (χ1n) is 3.47. The Morgan fingerprint density at radius 3 is 2.83 bits per heavy atom. The summed E-state index contributed by atoms with van der Waals surface area (Å²) in [5.74, 6) is 0.532. The zero-order valence-corrected chi connectivity index (χ0v) is 6.93. The first-order chi connectivity index (χ1) is 5.70. The van der Waals surface area contributed by atoms with E-state index in [2.05, 4.69) is 15.5 Å². The molecule has 1 rings (SSSR count). The lowest BCUT2D eigenvalue weighted by atomic mass is 10.1. The summed E-state index contributed by atoms with van der Waals surface area (Å²) >= 11 is 0. The molecule has 0 saturated heterocycles. The zero-order chi connectivity index (χ0) is 9.14. The number of H-pyrrole nitrogens is 1. The molecule has 1 aromatic heterocycles. The molecule has 0 bridgehead atoms. The van der Waals surface area contributed by atoms with E-state index in [1.165, 1.54) is 0 Å². The van der Waals surface area contributed by atoms with Crippen LogP contribution in [0.3, 0.4) is 0 Å². The standard InChI is InChI=1S/C7H10N4O/c1-4(8)6-5(3-12)10-11-7(6)9-2/h3,8H,1-2H3,(H2,9,10,11). The summed E-state index contributed by atoms with van der Waals surface area (Å²) in [6, 6.07) is 0. The largest absolute Gasteiger partial charge is 0.371 e. The van der Waals surface area contributed by atoms with Crippen LogP contribution in [-0.2, 0) is 0 Å². The molecule has 0 unspecified atom stereocenters. The molecule has 64 valence electrons. The molecule has 3 N–H and O–H groups in total. The minimum atomic E-state index is 0.315. The molecule has 5 nitrogen and oxygen atoms in total. The Bertz CT molecular complexity index is 315. The first kappa shape index (κ1) is 8.45. The molecule has 1 heterocycles. The van der Waals surface area contributed by atoms with Crippen molar-refractivity contribution in [3.8, 4) is 0 Å². The van der Waals surface area contributed by atoms with Crippen LogP contribution in [0, 0.1) is 5.41 Å². The van der Waals surface area contributed by atoms with E-state index >= 15 is 0 Å². The minimum absolute atomic E-state index is 0.315. The summed E-state index contributed by atoms with van der Waals surface area (Å²) in [5.41, 5.74) is 1.19. The van der Waals surface area contributed by atoms with Gasteiger partial charge in [-0.25, -0.2) is 0 Å². The van der Waals surface area contributed by atoms with Gasteiger partial charge < -0.3 is 10.7 Å². The highest BCUT2D eigenvalue weighted by molar-refractivity contribution is 6.06. The molecule has 1 aromatic rings. The van der Waals surface area contributed by atoms with E-state index in [9.17, 15) is 4.79 Å². The van der Waals surface area contributed by atoms with Crippen LogP contribution in [0.1, 0.15) is 23.0 Å². The summed E-state index contributed by atoms with van der Waals surface area (Å²) in [6.07, 6.45) is 0.654. The average Bonchev–Trinajstić information content (AvgIpc) is 2.46. The Kier molecular flexibility index (Phi) is 2.23. The molecular formula is C7H10N4O. The van der Waals surface area contributed by atoms with E-state index in [0.29, 0.717) is 29.1 Å². The number of carbonyl (C=O) groups is 1. The number of carbonyl (C=O) groups excluding carboxylic acids is 1. The molecule has 5 heteroatoms. The van der Waals surface area contributed by atoms with Crippen molar-refractivity contribution in [2.45, 2.75) is 6.92 Å². The molecule has 0 saturated carbocycles. The number of rotatable bonds is 3. The average molecular weight is 166 g/mol. The van der Waals surface area contributed by atoms with Gasteiger partial charge >= 0.3 is 0 Å². The molecule has 0 radical (unpaired) electrons. The second-order valence-electron chi connectivity index (χ2n) is 2.35.